The van der Waals surface area contributed by atoms with Crippen molar-refractivity contribution in [3.05, 3.63) is 18.1 Å². The average Bonchev–Trinajstić information content (AvgIpc) is 2.39. The van der Waals surface area contributed by atoms with Crippen molar-refractivity contribution >= 4 is 11.8 Å². The van der Waals surface area contributed by atoms with Crippen LogP contribution >= 0.6 is 0 Å². The Morgan fingerprint density at radius 1 is 1.55 bits per heavy atom. The van der Waals surface area contributed by atoms with Gasteiger partial charge >= 0.3 is 6.03 Å². The van der Waals surface area contributed by atoms with Crippen molar-refractivity contribution in [1.82, 2.24) is 14.9 Å². The lowest BCUT2D eigenvalue weighted by atomic mass is 9.94. The fraction of sp³-hybridized carbons (Fsp3) is 0.615. The van der Waals surface area contributed by atoms with Gasteiger partial charge in [0.05, 0.1) is 12.1 Å². The molecular formula is C13H20N4O3. The van der Waals surface area contributed by atoms with Gasteiger partial charge in [0.15, 0.2) is 0 Å². The highest BCUT2D eigenvalue weighted by molar-refractivity contribution is 5.88. The fourth-order valence-electron chi connectivity index (χ4n) is 2.15. The minimum Gasteiger partial charge on any atom is -0.388 e. The van der Waals surface area contributed by atoms with Gasteiger partial charge in [0, 0.05) is 39.3 Å². The molecule has 110 valence electrons. The first-order valence-electron chi connectivity index (χ1n) is 6.60. The third kappa shape index (κ3) is 3.88. The Balaban J connectivity index is 1.91. The van der Waals surface area contributed by atoms with E-state index in [1.807, 2.05) is 0 Å². The molecule has 0 spiro atoms. The molecule has 7 nitrogen and oxygen atoms in total. The molecule has 2 amide bonds. The Bertz CT molecular complexity index is 474. The number of nitrogens with one attached hydrogen (secondary N) is 1. The van der Waals surface area contributed by atoms with Crippen molar-refractivity contribution < 1.29 is 14.6 Å². The van der Waals surface area contributed by atoms with Gasteiger partial charge in [-0.3, -0.25) is 5.32 Å². The number of urea groups is 1. The van der Waals surface area contributed by atoms with Crippen LogP contribution in [-0.2, 0) is 4.74 Å². The topological polar surface area (TPSA) is 87.6 Å². The first-order chi connectivity index (χ1) is 9.48. The van der Waals surface area contributed by atoms with Gasteiger partial charge < -0.3 is 14.7 Å². The van der Waals surface area contributed by atoms with Crippen molar-refractivity contribution in [2.75, 3.05) is 32.1 Å². The van der Waals surface area contributed by atoms with E-state index in [-0.39, 0.29) is 12.6 Å². The number of nitrogens with zero attached hydrogens (tertiary/aromatic N) is 3. The van der Waals surface area contributed by atoms with Gasteiger partial charge in [-0.05, 0) is 13.0 Å². The Hall–Kier alpha value is -1.73. The van der Waals surface area contributed by atoms with Gasteiger partial charge in [-0.2, -0.15) is 0 Å². The number of ether oxygens (including phenoxy) is 1. The molecule has 2 rings (SSSR count). The minimum absolute atomic E-state index is 0.270. The van der Waals surface area contributed by atoms with Gasteiger partial charge in [0.25, 0.3) is 0 Å². The molecule has 1 aliphatic rings. The normalized spacial score (nSPS) is 17.6. The Kier molecular flexibility index (Phi) is 4.51. The zero-order valence-electron chi connectivity index (χ0n) is 11.8. The minimum atomic E-state index is -0.869. The lowest BCUT2D eigenvalue weighted by molar-refractivity contribution is -0.0717. The maximum Gasteiger partial charge on any atom is 0.322 e. The number of likely N-dealkylation sites (N-methyl/N-ethyl adjacent to an activating group) is 1. The molecule has 0 aromatic carbocycles. The van der Waals surface area contributed by atoms with Crippen LogP contribution in [0.2, 0.25) is 0 Å². The first-order valence-corrected chi connectivity index (χ1v) is 6.60. The quantitative estimate of drug-likeness (QED) is 0.854. The van der Waals surface area contributed by atoms with Crippen molar-refractivity contribution in [3.63, 3.8) is 0 Å². The summed E-state index contributed by atoms with van der Waals surface area (Å²) >= 11 is 0. The highest BCUT2D eigenvalue weighted by Gasteiger charge is 2.32. The monoisotopic (exact) mass is 280 g/mol. The number of hydrogen-bond acceptors (Lipinski definition) is 5. The lowest BCUT2D eigenvalue weighted by Crippen LogP contribution is -2.48. The lowest BCUT2D eigenvalue weighted by Gasteiger charge is -2.35. The van der Waals surface area contributed by atoms with E-state index in [0.717, 1.165) is 0 Å². The molecule has 7 heteroatoms. The highest BCUT2D eigenvalue weighted by atomic mass is 16.5. The summed E-state index contributed by atoms with van der Waals surface area (Å²) in [6, 6.07) is 1.32. The molecule has 0 saturated carbocycles. The second-order valence-corrected chi connectivity index (χ2v) is 5.11. The van der Waals surface area contributed by atoms with Crippen LogP contribution < -0.4 is 5.32 Å². The zero-order chi connectivity index (χ0) is 14.6. The highest BCUT2D eigenvalue weighted by Crippen LogP contribution is 2.21. The van der Waals surface area contributed by atoms with E-state index in [4.69, 9.17) is 4.74 Å². The summed E-state index contributed by atoms with van der Waals surface area (Å²) in [7, 11) is 1.65. The van der Waals surface area contributed by atoms with Crippen LogP contribution in [0.4, 0.5) is 10.6 Å². The molecule has 0 radical (unpaired) electrons. The molecule has 0 bridgehead atoms. The van der Waals surface area contributed by atoms with Crippen molar-refractivity contribution in [3.8, 4) is 0 Å². The van der Waals surface area contributed by atoms with E-state index in [0.29, 0.717) is 37.7 Å². The summed E-state index contributed by atoms with van der Waals surface area (Å²) < 4.78 is 5.22. The number of aromatic nitrogens is 2. The fourth-order valence-corrected chi connectivity index (χ4v) is 2.15. The summed E-state index contributed by atoms with van der Waals surface area (Å²) in [4.78, 5) is 21.6. The van der Waals surface area contributed by atoms with Crippen LogP contribution in [0.15, 0.2) is 12.3 Å². The maximum atomic E-state index is 12.1. The van der Waals surface area contributed by atoms with Crippen LogP contribution in [0.25, 0.3) is 0 Å². The molecule has 0 atom stereocenters. The predicted octanol–water partition coefficient (Wildman–Crippen LogP) is 0.790. The van der Waals surface area contributed by atoms with E-state index in [2.05, 4.69) is 15.3 Å². The molecule has 20 heavy (non-hydrogen) atoms. The Morgan fingerprint density at radius 2 is 2.25 bits per heavy atom. The number of hydrogen-bond donors (Lipinski definition) is 2. The van der Waals surface area contributed by atoms with Gasteiger partial charge in [-0.1, -0.05) is 0 Å². The SMILES string of the molecule is Cc1nccc(NC(=O)N(C)CC2(O)CCOCC2)n1. The second kappa shape index (κ2) is 6.15. The first kappa shape index (κ1) is 14.7. The third-order valence-corrected chi connectivity index (χ3v) is 3.31. The second-order valence-electron chi connectivity index (χ2n) is 5.11. The summed E-state index contributed by atoms with van der Waals surface area (Å²) in [5.41, 5.74) is -0.869. The van der Waals surface area contributed by atoms with E-state index >= 15 is 0 Å². The number of carbonyl (C=O) groups excluding carboxylic acids is 1. The molecule has 1 fully saturated rings. The van der Waals surface area contributed by atoms with Crippen LogP contribution in [-0.4, -0.2) is 58.4 Å². The largest absolute Gasteiger partial charge is 0.388 e. The van der Waals surface area contributed by atoms with Crippen LogP contribution in [0.1, 0.15) is 18.7 Å². The van der Waals surface area contributed by atoms with Crippen LogP contribution in [0.3, 0.4) is 0 Å². The molecule has 1 saturated heterocycles. The molecular weight excluding hydrogens is 260 g/mol. The van der Waals surface area contributed by atoms with E-state index in [1.165, 1.54) is 4.90 Å². The number of rotatable bonds is 3. The predicted molar refractivity (Wildman–Crippen MR) is 73.4 cm³/mol. The Labute approximate surface area is 118 Å². The summed E-state index contributed by atoms with van der Waals surface area (Å²) in [6.45, 7) is 3.07. The van der Waals surface area contributed by atoms with Crippen LogP contribution in [0.5, 0.6) is 0 Å². The van der Waals surface area contributed by atoms with Crippen LogP contribution in [0, 0.1) is 6.92 Å². The Morgan fingerprint density at radius 3 is 2.90 bits per heavy atom. The van der Waals surface area contributed by atoms with Crippen molar-refractivity contribution in [2.24, 2.45) is 0 Å². The molecule has 2 N–H and O–H groups in total. The van der Waals surface area contributed by atoms with Gasteiger partial charge in [0.1, 0.15) is 11.6 Å². The third-order valence-electron chi connectivity index (χ3n) is 3.31. The summed E-state index contributed by atoms with van der Waals surface area (Å²) in [5.74, 6) is 1.04. The molecule has 1 aromatic rings. The van der Waals surface area contributed by atoms with Gasteiger partial charge in [0.2, 0.25) is 0 Å². The number of carbonyl (C=O) groups is 1. The molecule has 1 aromatic heterocycles. The standard InChI is InChI=1S/C13H20N4O3/c1-10-14-6-3-11(15-10)16-12(18)17(2)9-13(19)4-7-20-8-5-13/h3,6,19H,4-5,7-9H2,1-2H3,(H,14,15,16,18). The molecule has 0 unspecified atom stereocenters. The molecule has 0 aliphatic carbocycles. The van der Waals surface area contributed by atoms with Gasteiger partial charge in [-0.25, -0.2) is 14.8 Å². The van der Waals surface area contributed by atoms with E-state index < -0.39 is 5.60 Å². The summed E-state index contributed by atoms with van der Waals surface area (Å²) in [5, 5.41) is 13.1. The zero-order valence-corrected chi connectivity index (χ0v) is 11.8. The number of anilines is 1. The molecule has 1 aliphatic heterocycles. The van der Waals surface area contributed by atoms with E-state index in [1.54, 1.807) is 26.2 Å². The number of aliphatic hydroxyl groups is 1. The average molecular weight is 280 g/mol. The van der Waals surface area contributed by atoms with Gasteiger partial charge in [-0.15, -0.1) is 0 Å². The van der Waals surface area contributed by atoms with Crippen molar-refractivity contribution in [1.29, 1.82) is 0 Å². The van der Waals surface area contributed by atoms with Crippen molar-refractivity contribution in [2.45, 2.75) is 25.4 Å². The van der Waals surface area contributed by atoms with E-state index in [9.17, 15) is 9.90 Å². The smallest absolute Gasteiger partial charge is 0.322 e. The number of amides is 2. The number of aryl methyl sites for hydroxylation is 1. The molecule has 2 heterocycles. The summed E-state index contributed by atoms with van der Waals surface area (Å²) in [6.07, 6.45) is 2.67. The maximum absolute atomic E-state index is 12.1.